The number of ether oxygens (including phenoxy) is 3. The number of rotatable bonds is 8. The van der Waals surface area contributed by atoms with E-state index < -0.39 is 10.0 Å². The highest BCUT2D eigenvalue weighted by atomic mass is 32.2. The summed E-state index contributed by atoms with van der Waals surface area (Å²) in [6.07, 6.45) is 0. The minimum Gasteiger partial charge on any atom is -0.497 e. The first-order valence-corrected chi connectivity index (χ1v) is 9.98. The van der Waals surface area contributed by atoms with E-state index in [1.807, 2.05) is 0 Å². The average Bonchev–Trinajstić information content (AvgIpc) is 3.21. The summed E-state index contributed by atoms with van der Waals surface area (Å²) in [7, 11) is 1.97. The van der Waals surface area contributed by atoms with Crippen LogP contribution in [0.2, 0.25) is 0 Å². The van der Waals surface area contributed by atoms with Crippen LogP contribution in [0.4, 0.5) is 0 Å². The van der Waals surface area contributed by atoms with Gasteiger partial charge in [0.25, 0.3) is 0 Å². The molecule has 0 amide bonds. The summed E-state index contributed by atoms with van der Waals surface area (Å²) < 4.78 is 47.8. The SMILES string of the molecule is COc1ccc(-c2noc(CN(C)S(=O)(=O)c3cc(OC)ccc3OC)n2)cc1. The van der Waals surface area contributed by atoms with Crippen LogP contribution >= 0.6 is 0 Å². The van der Waals surface area contributed by atoms with Gasteiger partial charge in [-0.05, 0) is 36.4 Å². The number of sulfonamides is 1. The lowest BCUT2D eigenvalue weighted by molar-refractivity contribution is 0.335. The molecule has 1 aromatic heterocycles. The standard InChI is InChI=1S/C19H21N3O6S/c1-22(29(23,24)17-11-15(26-3)9-10-16(17)27-4)12-18-20-19(21-28-18)13-5-7-14(25-2)8-6-13/h5-11H,12H2,1-4H3. The molecule has 1 heterocycles. The number of hydrogen-bond donors (Lipinski definition) is 0. The Morgan fingerprint density at radius 3 is 2.24 bits per heavy atom. The lowest BCUT2D eigenvalue weighted by atomic mass is 10.2. The first kappa shape index (κ1) is 20.6. The second kappa shape index (κ2) is 8.50. The van der Waals surface area contributed by atoms with E-state index in [2.05, 4.69) is 10.1 Å². The van der Waals surface area contributed by atoms with Gasteiger partial charge >= 0.3 is 0 Å². The van der Waals surface area contributed by atoms with Crippen LogP contribution in [0.25, 0.3) is 11.4 Å². The van der Waals surface area contributed by atoms with Crippen LogP contribution in [0.15, 0.2) is 51.9 Å². The summed E-state index contributed by atoms with van der Waals surface area (Å²) in [5.41, 5.74) is 0.723. The van der Waals surface area contributed by atoms with Crippen molar-refractivity contribution in [3.63, 3.8) is 0 Å². The Labute approximate surface area is 168 Å². The van der Waals surface area contributed by atoms with Gasteiger partial charge in [0.15, 0.2) is 0 Å². The summed E-state index contributed by atoms with van der Waals surface area (Å²) in [6.45, 7) is -0.105. The Balaban J connectivity index is 1.83. The molecule has 3 rings (SSSR count). The minimum absolute atomic E-state index is 0.0169. The van der Waals surface area contributed by atoms with E-state index in [-0.39, 0.29) is 23.1 Å². The number of aromatic nitrogens is 2. The maximum atomic E-state index is 13.0. The van der Waals surface area contributed by atoms with Gasteiger partial charge in [-0.25, -0.2) is 8.42 Å². The van der Waals surface area contributed by atoms with Crippen molar-refractivity contribution in [3.8, 4) is 28.6 Å². The van der Waals surface area contributed by atoms with Gasteiger partial charge in [-0.2, -0.15) is 9.29 Å². The highest BCUT2D eigenvalue weighted by Gasteiger charge is 2.27. The van der Waals surface area contributed by atoms with Gasteiger partial charge in [-0.3, -0.25) is 0 Å². The summed E-state index contributed by atoms with van der Waals surface area (Å²) in [4.78, 5) is 4.26. The van der Waals surface area contributed by atoms with Crippen LogP contribution in [0.1, 0.15) is 5.89 Å². The van der Waals surface area contributed by atoms with Gasteiger partial charge in [0.1, 0.15) is 22.1 Å². The van der Waals surface area contributed by atoms with Gasteiger partial charge in [-0.1, -0.05) is 5.16 Å². The van der Waals surface area contributed by atoms with E-state index in [9.17, 15) is 8.42 Å². The fourth-order valence-electron chi connectivity index (χ4n) is 2.61. The predicted molar refractivity (Wildman–Crippen MR) is 104 cm³/mol. The Morgan fingerprint density at radius 1 is 0.966 bits per heavy atom. The lowest BCUT2D eigenvalue weighted by Crippen LogP contribution is -2.27. The molecule has 0 aliphatic rings. The minimum atomic E-state index is -3.89. The molecule has 3 aromatic rings. The molecular formula is C19H21N3O6S. The molecule has 0 spiro atoms. The summed E-state index contributed by atoms with van der Waals surface area (Å²) in [5.74, 6) is 1.83. The van der Waals surface area contributed by atoms with E-state index in [0.717, 1.165) is 9.87 Å². The molecule has 0 saturated heterocycles. The summed E-state index contributed by atoms with van der Waals surface area (Å²) in [6, 6.07) is 11.7. The molecule has 0 bridgehead atoms. The highest BCUT2D eigenvalue weighted by molar-refractivity contribution is 7.89. The molecule has 0 atom stereocenters. The first-order chi connectivity index (χ1) is 13.9. The third-order valence-corrected chi connectivity index (χ3v) is 6.06. The van der Waals surface area contributed by atoms with Crippen molar-refractivity contribution in [3.05, 3.63) is 48.4 Å². The fourth-order valence-corrected chi connectivity index (χ4v) is 3.89. The van der Waals surface area contributed by atoms with Crippen molar-refractivity contribution < 1.29 is 27.2 Å². The Morgan fingerprint density at radius 2 is 1.62 bits per heavy atom. The van der Waals surface area contributed by atoms with E-state index >= 15 is 0 Å². The van der Waals surface area contributed by atoms with Gasteiger partial charge in [0.2, 0.25) is 21.7 Å². The zero-order chi connectivity index (χ0) is 21.0. The number of methoxy groups -OCH3 is 3. The van der Waals surface area contributed by atoms with E-state index in [0.29, 0.717) is 17.3 Å². The van der Waals surface area contributed by atoms with Crippen LogP contribution in [0, 0.1) is 0 Å². The molecule has 0 unspecified atom stereocenters. The Bertz CT molecular complexity index is 1080. The van der Waals surface area contributed by atoms with E-state index in [1.165, 1.54) is 33.4 Å². The fraction of sp³-hybridized carbons (Fsp3) is 0.263. The van der Waals surface area contributed by atoms with Crippen molar-refractivity contribution in [1.29, 1.82) is 0 Å². The second-order valence-electron chi connectivity index (χ2n) is 6.02. The molecule has 0 radical (unpaired) electrons. The Kier molecular flexibility index (Phi) is 6.04. The van der Waals surface area contributed by atoms with E-state index in [1.54, 1.807) is 37.4 Å². The maximum absolute atomic E-state index is 13.0. The summed E-state index contributed by atoms with van der Waals surface area (Å²) in [5, 5.41) is 3.92. The maximum Gasteiger partial charge on any atom is 0.247 e. The molecule has 2 aromatic carbocycles. The van der Waals surface area contributed by atoms with Gasteiger partial charge in [-0.15, -0.1) is 0 Å². The second-order valence-corrected chi connectivity index (χ2v) is 8.03. The molecular weight excluding hydrogens is 398 g/mol. The molecule has 0 aliphatic carbocycles. The number of nitrogens with zero attached hydrogens (tertiary/aromatic N) is 3. The van der Waals surface area contributed by atoms with Gasteiger partial charge < -0.3 is 18.7 Å². The van der Waals surface area contributed by atoms with Gasteiger partial charge in [0, 0.05) is 18.7 Å². The molecule has 9 nitrogen and oxygen atoms in total. The van der Waals surface area contributed by atoms with Gasteiger partial charge in [0.05, 0.1) is 27.9 Å². The third kappa shape index (κ3) is 4.33. The number of benzene rings is 2. The van der Waals surface area contributed by atoms with Crippen molar-refractivity contribution in [2.45, 2.75) is 11.4 Å². The van der Waals surface area contributed by atoms with Crippen LogP contribution < -0.4 is 14.2 Å². The van der Waals surface area contributed by atoms with Crippen molar-refractivity contribution in [2.75, 3.05) is 28.4 Å². The van der Waals surface area contributed by atoms with Crippen LogP contribution in [0.5, 0.6) is 17.2 Å². The van der Waals surface area contributed by atoms with Crippen molar-refractivity contribution in [2.24, 2.45) is 0 Å². The quantitative estimate of drug-likeness (QED) is 0.549. The van der Waals surface area contributed by atoms with Crippen molar-refractivity contribution in [1.82, 2.24) is 14.4 Å². The number of hydrogen-bond acceptors (Lipinski definition) is 8. The largest absolute Gasteiger partial charge is 0.497 e. The average molecular weight is 419 g/mol. The monoisotopic (exact) mass is 419 g/mol. The Hall–Kier alpha value is -3.11. The van der Waals surface area contributed by atoms with Crippen LogP contribution in [-0.2, 0) is 16.6 Å². The normalized spacial score (nSPS) is 11.5. The predicted octanol–water partition coefficient (Wildman–Crippen LogP) is 2.58. The molecule has 0 aliphatic heterocycles. The third-order valence-electron chi connectivity index (χ3n) is 4.23. The zero-order valence-electron chi connectivity index (χ0n) is 16.4. The molecule has 29 heavy (non-hydrogen) atoms. The molecule has 0 N–H and O–H groups in total. The molecule has 10 heteroatoms. The first-order valence-electron chi connectivity index (χ1n) is 8.54. The van der Waals surface area contributed by atoms with Crippen LogP contribution in [-0.4, -0.2) is 51.2 Å². The van der Waals surface area contributed by atoms with E-state index in [4.69, 9.17) is 18.7 Å². The molecule has 0 fully saturated rings. The smallest absolute Gasteiger partial charge is 0.247 e. The molecule has 154 valence electrons. The van der Waals surface area contributed by atoms with Crippen LogP contribution in [0.3, 0.4) is 0 Å². The zero-order valence-corrected chi connectivity index (χ0v) is 17.3. The topological polar surface area (TPSA) is 104 Å². The highest BCUT2D eigenvalue weighted by Crippen LogP contribution is 2.30. The van der Waals surface area contributed by atoms with Crippen molar-refractivity contribution >= 4 is 10.0 Å². The molecule has 0 saturated carbocycles. The lowest BCUT2D eigenvalue weighted by Gasteiger charge is -2.17. The summed E-state index contributed by atoms with van der Waals surface area (Å²) >= 11 is 0.